The second-order valence-corrected chi connectivity index (χ2v) is 3.67. The number of hydrogen-bond acceptors (Lipinski definition) is 4. The number of rotatable bonds is 7. The summed E-state index contributed by atoms with van der Waals surface area (Å²) in [5.41, 5.74) is 6.89. The fraction of sp³-hybridized carbons (Fsp3) is 0.583. The first-order chi connectivity index (χ1) is 7.77. The SMILES string of the molecule is CCNC(COCC)Cc1cccnc1N. The summed E-state index contributed by atoms with van der Waals surface area (Å²) in [7, 11) is 0. The molecule has 1 atom stereocenters. The number of likely N-dealkylation sites (N-methyl/N-ethyl adjacent to an activating group) is 1. The van der Waals surface area contributed by atoms with Gasteiger partial charge in [0.25, 0.3) is 0 Å². The van der Waals surface area contributed by atoms with Crippen LogP contribution < -0.4 is 11.1 Å². The van der Waals surface area contributed by atoms with Crippen LogP contribution >= 0.6 is 0 Å². The van der Waals surface area contributed by atoms with Crippen molar-refractivity contribution in [3.63, 3.8) is 0 Å². The predicted octanol–water partition coefficient (Wildman–Crippen LogP) is 1.22. The number of hydrogen-bond donors (Lipinski definition) is 2. The second kappa shape index (κ2) is 7.19. The Morgan fingerprint density at radius 1 is 1.50 bits per heavy atom. The highest BCUT2D eigenvalue weighted by Crippen LogP contribution is 2.10. The maximum absolute atomic E-state index is 5.81. The Labute approximate surface area is 97.2 Å². The van der Waals surface area contributed by atoms with Crippen LogP contribution in [0.2, 0.25) is 0 Å². The summed E-state index contributed by atoms with van der Waals surface area (Å²) in [5.74, 6) is 0.613. The Kier molecular flexibility index (Phi) is 5.82. The van der Waals surface area contributed by atoms with Crippen LogP contribution in [0.25, 0.3) is 0 Å². The second-order valence-electron chi connectivity index (χ2n) is 3.67. The highest BCUT2D eigenvalue weighted by molar-refractivity contribution is 5.38. The highest BCUT2D eigenvalue weighted by atomic mass is 16.5. The van der Waals surface area contributed by atoms with E-state index in [4.69, 9.17) is 10.5 Å². The summed E-state index contributed by atoms with van der Waals surface area (Å²) in [6.45, 7) is 6.47. The van der Waals surface area contributed by atoms with Gasteiger partial charge >= 0.3 is 0 Å². The van der Waals surface area contributed by atoms with Crippen molar-refractivity contribution < 1.29 is 4.74 Å². The lowest BCUT2D eigenvalue weighted by Crippen LogP contribution is -2.35. The van der Waals surface area contributed by atoms with E-state index in [0.717, 1.165) is 25.1 Å². The lowest BCUT2D eigenvalue weighted by atomic mass is 10.1. The molecule has 4 heteroatoms. The van der Waals surface area contributed by atoms with E-state index in [1.807, 2.05) is 19.1 Å². The number of anilines is 1. The van der Waals surface area contributed by atoms with Crippen molar-refractivity contribution in [2.75, 3.05) is 25.5 Å². The Bertz CT molecular complexity index is 304. The molecule has 1 unspecified atom stereocenters. The van der Waals surface area contributed by atoms with Gasteiger partial charge in [-0.05, 0) is 31.5 Å². The minimum absolute atomic E-state index is 0.302. The molecule has 0 saturated carbocycles. The predicted molar refractivity (Wildman–Crippen MR) is 66.3 cm³/mol. The van der Waals surface area contributed by atoms with Crippen LogP contribution in [0.1, 0.15) is 19.4 Å². The topological polar surface area (TPSA) is 60.2 Å². The molecule has 0 amide bonds. The lowest BCUT2D eigenvalue weighted by molar-refractivity contribution is 0.123. The van der Waals surface area contributed by atoms with Crippen LogP contribution in [0.15, 0.2) is 18.3 Å². The van der Waals surface area contributed by atoms with Gasteiger partial charge in [0.05, 0.1) is 6.61 Å². The van der Waals surface area contributed by atoms with E-state index in [1.54, 1.807) is 6.20 Å². The van der Waals surface area contributed by atoms with E-state index in [9.17, 15) is 0 Å². The average Bonchev–Trinajstić information content (AvgIpc) is 2.29. The smallest absolute Gasteiger partial charge is 0.126 e. The van der Waals surface area contributed by atoms with E-state index in [-0.39, 0.29) is 0 Å². The quantitative estimate of drug-likeness (QED) is 0.729. The van der Waals surface area contributed by atoms with Gasteiger partial charge in [-0.3, -0.25) is 0 Å². The summed E-state index contributed by atoms with van der Waals surface area (Å²) in [5, 5.41) is 3.38. The van der Waals surface area contributed by atoms with Gasteiger partial charge in [-0.15, -0.1) is 0 Å². The monoisotopic (exact) mass is 223 g/mol. The van der Waals surface area contributed by atoms with E-state index < -0.39 is 0 Å². The maximum Gasteiger partial charge on any atom is 0.126 e. The largest absolute Gasteiger partial charge is 0.383 e. The molecule has 0 radical (unpaired) electrons. The Morgan fingerprint density at radius 2 is 2.31 bits per heavy atom. The zero-order chi connectivity index (χ0) is 11.8. The average molecular weight is 223 g/mol. The first-order valence-electron chi connectivity index (χ1n) is 5.78. The zero-order valence-corrected chi connectivity index (χ0v) is 10.1. The third-order valence-electron chi connectivity index (χ3n) is 2.41. The van der Waals surface area contributed by atoms with Gasteiger partial charge < -0.3 is 15.8 Å². The van der Waals surface area contributed by atoms with Crippen LogP contribution in [0.5, 0.6) is 0 Å². The highest BCUT2D eigenvalue weighted by Gasteiger charge is 2.10. The van der Waals surface area contributed by atoms with Crippen LogP contribution in [-0.2, 0) is 11.2 Å². The minimum Gasteiger partial charge on any atom is -0.383 e. The molecule has 4 nitrogen and oxygen atoms in total. The summed E-state index contributed by atoms with van der Waals surface area (Å²) >= 11 is 0. The Hall–Kier alpha value is -1.13. The molecule has 0 aliphatic heterocycles. The van der Waals surface area contributed by atoms with Gasteiger partial charge in [0, 0.05) is 18.8 Å². The molecule has 0 fully saturated rings. The number of ether oxygens (including phenoxy) is 1. The van der Waals surface area contributed by atoms with Gasteiger partial charge in [-0.1, -0.05) is 13.0 Å². The molecule has 0 spiro atoms. The van der Waals surface area contributed by atoms with Gasteiger partial charge in [-0.2, -0.15) is 0 Å². The Balaban J connectivity index is 2.56. The molecule has 0 saturated heterocycles. The van der Waals surface area contributed by atoms with E-state index in [0.29, 0.717) is 18.5 Å². The fourth-order valence-corrected chi connectivity index (χ4v) is 1.63. The number of nitrogens with two attached hydrogens (primary N) is 1. The zero-order valence-electron chi connectivity index (χ0n) is 10.1. The van der Waals surface area contributed by atoms with Crippen molar-refractivity contribution in [2.24, 2.45) is 0 Å². The molecular formula is C12H21N3O. The first kappa shape index (κ1) is 12.9. The fourth-order valence-electron chi connectivity index (χ4n) is 1.63. The normalized spacial score (nSPS) is 12.6. The Morgan fingerprint density at radius 3 is 2.94 bits per heavy atom. The maximum atomic E-state index is 5.81. The molecule has 90 valence electrons. The minimum atomic E-state index is 0.302. The summed E-state index contributed by atoms with van der Waals surface area (Å²) in [4.78, 5) is 4.08. The molecule has 1 rings (SSSR count). The van der Waals surface area contributed by atoms with Crippen LogP contribution in [0.4, 0.5) is 5.82 Å². The van der Waals surface area contributed by atoms with Crippen LogP contribution in [0, 0.1) is 0 Å². The van der Waals surface area contributed by atoms with Crippen molar-refractivity contribution >= 4 is 5.82 Å². The summed E-state index contributed by atoms with van der Waals surface area (Å²) in [6.07, 6.45) is 2.57. The molecule has 0 aromatic carbocycles. The summed E-state index contributed by atoms with van der Waals surface area (Å²) in [6, 6.07) is 4.23. The third-order valence-corrected chi connectivity index (χ3v) is 2.41. The molecule has 1 aromatic heterocycles. The van der Waals surface area contributed by atoms with Crippen LogP contribution in [0.3, 0.4) is 0 Å². The third kappa shape index (κ3) is 4.16. The molecule has 16 heavy (non-hydrogen) atoms. The number of aromatic nitrogens is 1. The van der Waals surface area contributed by atoms with Crippen molar-refractivity contribution in [2.45, 2.75) is 26.3 Å². The van der Waals surface area contributed by atoms with Crippen molar-refractivity contribution in [1.29, 1.82) is 0 Å². The van der Waals surface area contributed by atoms with E-state index in [1.165, 1.54) is 0 Å². The number of nitrogens with one attached hydrogen (secondary N) is 1. The van der Waals surface area contributed by atoms with Gasteiger partial charge in [-0.25, -0.2) is 4.98 Å². The van der Waals surface area contributed by atoms with Gasteiger partial charge in [0.2, 0.25) is 0 Å². The molecule has 0 aliphatic carbocycles. The van der Waals surface area contributed by atoms with Crippen LogP contribution in [-0.4, -0.2) is 30.8 Å². The molecule has 1 heterocycles. The van der Waals surface area contributed by atoms with Gasteiger partial charge in [0.15, 0.2) is 0 Å². The molecular weight excluding hydrogens is 202 g/mol. The molecule has 0 aliphatic rings. The van der Waals surface area contributed by atoms with Gasteiger partial charge in [0.1, 0.15) is 5.82 Å². The number of nitrogen functional groups attached to an aromatic ring is 1. The first-order valence-corrected chi connectivity index (χ1v) is 5.78. The lowest BCUT2D eigenvalue weighted by Gasteiger charge is -2.18. The van der Waals surface area contributed by atoms with E-state index in [2.05, 4.69) is 17.2 Å². The van der Waals surface area contributed by atoms with Crippen molar-refractivity contribution in [1.82, 2.24) is 10.3 Å². The molecule has 0 bridgehead atoms. The number of pyridine rings is 1. The van der Waals surface area contributed by atoms with E-state index >= 15 is 0 Å². The number of nitrogens with zero attached hydrogens (tertiary/aromatic N) is 1. The van der Waals surface area contributed by atoms with Crippen molar-refractivity contribution in [3.8, 4) is 0 Å². The molecule has 3 N–H and O–H groups in total. The standard InChI is InChI=1S/C12H21N3O/c1-3-14-11(9-16-4-2)8-10-6-5-7-15-12(10)13/h5-7,11,14H,3-4,8-9H2,1-2H3,(H2,13,15). The molecule has 1 aromatic rings. The van der Waals surface area contributed by atoms with Crippen molar-refractivity contribution in [3.05, 3.63) is 23.9 Å². The summed E-state index contributed by atoms with van der Waals surface area (Å²) < 4.78 is 5.44.